The van der Waals surface area contributed by atoms with Gasteiger partial charge in [-0.3, -0.25) is 20.4 Å². The van der Waals surface area contributed by atoms with Gasteiger partial charge in [-0.1, -0.05) is 47.6 Å². The number of nitrogens with zero attached hydrogens (tertiary/aromatic N) is 2. The Bertz CT molecular complexity index is 977. The van der Waals surface area contributed by atoms with Crippen LogP contribution in [0.3, 0.4) is 0 Å². The molecule has 1 atom stereocenters. The van der Waals surface area contributed by atoms with Crippen molar-refractivity contribution in [3.05, 3.63) is 66.3 Å². The van der Waals surface area contributed by atoms with E-state index in [1.807, 2.05) is 30.3 Å². The van der Waals surface area contributed by atoms with Gasteiger partial charge >= 0.3 is 0 Å². The summed E-state index contributed by atoms with van der Waals surface area (Å²) in [6, 6.07) is 15.0. The lowest BCUT2D eigenvalue weighted by Crippen LogP contribution is -2.47. The molecule has 2 N–H and O–H groups in total. The molecule has 0 unspecified atom stereocenters. The lowest BCUT2D eigenvalue weighted by molar-refractivity contribution is -0.132. The molecule has 8 nitrogen and oxygen atoms in total. The van der Waals surface area contributed by atoms with Crippen molar-refractivity contribution >= 4 is 11.8 Å². The van der Waals surface area contributed by atoms with E-state index < -0.39 is 23.7 Å². The third-order valence-electron chi connectivity index (χ3n) is 3.90. The Morgan fingerprint density at radius 1 is 1.10 bits per heavy atom. The fourth-order valence-corrected chi connectivity index (χ4v) is 2.36. The first kappa shape index (κ1) is 20.0. The van der Waals surface area contributed by atoms with Gasteiger partial charge in [-0.25, -0.2) is 4.39 Å². The number of carbonyl (C=O) groups is 2. The highest BCUT2D eigenvalue weighted by Gasteiger charge is 2.17. The van der Waals surface area contributed by atoms with Crippen LogP contribution >= 0.6 is 0 Å². The second-order valence-electron chi connectivity index (χ2n) is 6.11. The summed E-state index contributed by atoms with van der Waals surface area (Å²) in [6.45, 7) is 1.44. The van der Waals surface area contributed by atoms with E-state index in [4.69, 9.17) is 9.26 Å². The highest BCUT2D eigenvalue weighted by molar-refractivity contribution is 5.84. The minimum atomic E-state index is -1.00. The highest BCUT2D eigenvalue weighted by atomic mass is 19.1. The topological polar surface area (TPSA) is 106 Å². The van der Waals surface area contributed by atoms with Crippen LogP contribution in [0.2, 0.25) is 0 Å². The van der Waals surface area contributed by atoms with Gasteiger partial charge in [0.2, 0.25) is 17.6 Å². The molecule has 0 radical (unpaired) electrons. The predicted molar refractivity (Wildman–Crippen MR) is 101 cm³/mol. The molecule has 2 aromatic carbocycles. The van der Waals surface area contributed by atoms with Gasteiger partial charge in [0.05, 0.1) is 0 Å². The van der Waals surface area contributed by atoms with Crippen molar-refractivity contribution in [2.75, 3.05) is 0 Å². The average Bonchev–Trinajstić information content (AvgIpc) is 3.22. The molecule has 3 rings (SSSR count). The van der Waals surface area contributed by atoms with Gasteiger partial charge in [-0.2, -0.15) is 4.98 Å². The summed E-state index contributed by atoms with van der Waals surface area (Å²) in [4.78, 5) is 28.1. The molecule has 0 saturated heterocycles. The SMILES string of the molecule is C[C@@H](Oc1ccccc1F)C(=O)NNC(=O)CCc1nc(-c2ccccc2)no1. The molecule has 9 heteroatoms. The number of halogens is 1. The minimum absolute atomic E-state index is 0.0270. The summed E-state index contributed by atoms with van der Waals surface area (Å²) in [5, 5.41) is 3.87. The Morgan fingerprint density at radius 3 is 2.59 bits per heavy atom. The molecule has 0 aliphatic rings. The van der Waals surface area contributed by atoms with Crippen molar-refractivity contribution in [3.63, 3.8) is 0 Å². The summed E-state index contributed by atoms with van der Waals surface area (Å²) >= 11 is 0. The lowest BCUT2D eigenvalue weighted by Gasteiger charge is -2.15. The fraction of sp³-hybridized carbons (Fsp3) is 0.200. The molecule has 1 heterocycles. The van der Waals surface area contributed by atoms with Gasteiger partial charge in [-0.05, 0) is 19.1 Å². The largest absolute Gasteiger partial charge is 0.478 e. The molecular weight excluding hydrogens is 379 g/mol. The summed E-state index contributed by atoms with van der Waals surface area (Å²) in [5.41, 5.74) is 5.32. The van der Waals surface area contributed by atoms with Crippen LogP contribution in [0.15, 0.2) is 59.1 Å². The number of benzene rings is 2. The first-order valence-corrected chi connectivity index (χ1v) is 8.91. The summed E-state index contributed by atoms with van der Waals surface area (Å²) < 4.78 is 23.9. The molecule has 0 saturated carbocycles. The van der Waals surface area contributed by atoms with E-state index in [9.17, 15) is 14.0 Å². The van der Waals surface area contributed by atoms with E-state index in [1.165, 1.54) is 25.1 Å². The van der Waals surface area contributed by atoms with Crippen LogP contribution < -0.4 is 15.6 Å². The van der Waals surface area contributed by atoms with Crippen molar-refractivity contribution in [3.8, 4) is 17.1 Å². The molecular formula is C20H19FN4O4. The number of aryl methyl sites for hydroxylation is 1. The molecule has 0 bridgehead atoms. The smallest absolute Gasteiger partial charge is 0.279 e. The Morgan fingerprint density at radius 2 is 1.83 bits per heavy atom. The number of amides is 2. The molecule has 29 heavy (non-hydrogen) atoms. The number of aromatic nitrogens is 2. The monoisotopic (exact) mass is 398 g/mol. The van der Waals surface area contributed by atoms with Gasteiger partial charge in [0.25, 0.3) is 5.91 Å². The quantitative estimate of drug-likeness (QED) is 0.592. The number of para-hydroxylation sites is 1. The van der Waals surface area contributed by atoms with Crippen LogP contribution in [-0.4, -0.2) is 28.1 Å². The third kappa shape index (κ3) is 5.61. The first-order valence-electron chi connectivity index (χ1n) is 8.91. The van der Waals surface area contributed by atoms with Crippen LogP contribution in [-0.2, 0) is 16.0 Å². The summed E-state index contributed by atoms with van der Waals surface area (Å²) in [6.07, 6.45) is -0.765. The number of ether oxygens (including phenoxy) is 1. The van der Waals surface area contributed by atoms with Crippen molar-refractivity contribution < 1.29 is 23.2 Å². The van der Waals surface area contributed by atoms with E-state index >= 15 is 0 Å². The predicted octanol–water partition coefficient (Wildman–Crippen LogP) is 2.42. The standard InChI is InChI=1S/C20H19FN4O4/c1-13(28-16-10-6-5-9-15(16)21)20(27)24-23-17(26)11-12-18-22-19(25-29-18)14-7-3-2-4-8-14/h2-10,13H,11-12H2,1H3,(H,23,26)(H,24,27)/t13-/m1/s1. The molecule has 3 aromatic rings. The van der Waals surface area contributed by atoms with E-state index in [1.54, 1.807) is 6.07 Å². The molecule has 0 spiro atoms. The minimum Gasteiger partial charge on any atom is -0.478 e. The van der Waals surface area contributed by atoms with Crippen LogP contribution in [0.25, 0.3) is 11.4 Å². The van der Waals surface area contributed by atoms with Crippen LogP contribution in [0.5, 0.6) is 5.75 Å². The van der Waals surface area contributed by atoms with Crippen molar-refractivity contribution in [1.82, 2.24) is 21.0 Å². The van der Waals surface area contributed by atoms with Crippen molar-refractivity contribution in [1.29, 1.82) is 0 Å². The van der Waals surface area contributed by atoms with Gasteiger partial charge in [0.1, 0.15) is 0 Å². The zero-order valence-electron chi connectivity index (χ0n) is 15.6. The van der Waals surface area contributed by atoms with Crippen LogP contribution in [0.4, 0.5) is 4.39 Å². The normalized spacial score (nSPS) is 11.5. The maximum absolute atomic E-state index is 13.6. The maximum Gasteiger partial charge on any atom is 0.279 e. The molecule has 1 aromatic heterocycles. The molecule has 0 aliphatic heterocycles. The van der Waals surface area contributed by atoms with Crippen LogP contribution in [0.1, 0.15) is 19.2 Å². The summed E-state index contributed by atoms with van der Waals surface area (Å²) in [5.74, 6) is -0.950. The number of hydrogen-bond donors (Lipinski definition) is 2. The third-order valence-corrected chi connectivity index (χ3v) is 3.90. The Kier molecular flexibility index (Phi) is 6.51. The van der Waals surface area contributed by atoms with E-state index in [0.29, 0.717) is 11.7 Å². The van der Waals surface area contributed by atoms with E-state index in [-0.39, 0.29) is 18.6 Å². The number of carbonyl (C=O) groups excluding carboxylic acids is 2. The van der Waals surface area contributed by atoms with Gasteiger partial charge in [0, 0.05) is 18.4 Å². The highest BCUT2D eigenvalue weighted by Crippen LogP contribution is 2.17. The Labute approximate surface area is 166 Å². The molecule has 150 valence electrons. The van der Waals surface area contributed by atoms with Crippen molar-refractivity contribution in [2.45, 2.75) is 25.9 Å². The van der Waals surface area contributed by atoms with Gasteiger partial charge < -0.3 is 9.26 Å². The zero-order chi connectivity index (χ0) is 20.6. The Balaban J connectivity index is 1.42. The number of hydrogen-bond acceptors (Lipinski definition) is 6. The second kappa shape index (κ2) is 9.45. The maximum atomic E-state index is 13.6. The summed E-state index contributed by atoms with van der Waals surface area (Å²) in [7, 11) is 0. The first-order chi connectivity index (χ1) is 14.0. The molecule has 0 fully saturated rings. The number of nitrogens with one attached hydrogen (secondary N) is 2. The van der Waals surface area contributed by atoms with Crippen molar-refractivity contribution in [2.24, 2.45) is 0 Å². The number of rotatable bonds is 7. The fourth-order valence-electron chi connectivity index (χ4n) is 2.36. The Hall–Kier alpha value is -3.75. The molecule has 2 amide bonds. The number of hydrazine groups is 1. The zero-order valence-corrected chi connectivity index (χ0v) is 15.6. The van der Waals surface area contributed by atoms with E-state index in [2.05, 4.69) is 21.0 Å². The van der Waals surface area contributed by atoms with Gasteiger partial charge in [0.15, 0.2) is 17.7 Å². The van der Waals surface area contributed by atoms with E-state index in [0.717, 1.165) is 5.56 Å². The average molecular weight is 398 g/mol. The molecule has 0 aliphatic carbocycles. The lowest BCUT2D eigenvalue weighted by atomic mass is 10.2. The van der Waals surface area contributed by atoms with Gasteiger partial charge in [-0.15, -0.1) is 0 Å². The van der Waals surface area contributed by atoms with Crippen LogP contribution in [0, 0.1) is 5.82 Å². The second-order valence-corrected chi connectivity index (χ2v) is 6.11.